The Morgan fingerprint density at radius 1 is 1.14 bits per heavy atom. The van der Waals surface area contributed by atoms with Gasteiger partial charge in [-0.3, -0.25) is 4.79 Å². The fourth-order valence-electron chi connectivity index (χ4n) is 3.13. The first kappa shape index (κ1) is 20.9. The van der Waals surface area contributed by atoms with Gasteiger partial charge in [-0.2, -0.15) is 0 Å². The summed E-state index contributed by atoms with van der Waals surface area (Å²) in [7, 11) is 0. The molecule has 29 heavy (non-hydrogen) atoms. The zero-order chi connectivity index (χ0) is 20.8. The first-order chi connectivity index (χ1) is 14.0. The Bertz CT molecular complexity index is 952. The van der Waals surface area contributed by atoms with Crippen molar-refractivity contribution in [2.45, 2.75) is 45.5 Å². The number of nitrogens with zero attached hydrogens (tertiary/aromatic N) is 3. The molecule has 0 fully saturated rings. The van der Waals surface area contributed by atoms with Gasteiger partial charge in [0.05, 0.1) is 5.75 Å². The highest BCUT2D eigenvalue weighted by Gasteiger charge is 2.19. The number of nitrogens with one attached hydrogen (secondary N) is 1. The maximum absolute atomic E-state index is 12.4. The predicted octanol–water partition coefficient (Wildman–Crippen LogP) is 4.79. The average Bonchev–Trinajstić information content (AvgIpc) is 3.09. The number of para-hydroxylation sites is 1. The molecule has 1 amide bonds. The summed E-state index contributed by atoms with van der Waals surface area (Å²) in [6.45, 7) is 8.71. The number of rotatable bonds is 8. The minimum Gasteiger partial charge on any atom is -0.483 e. The third-order valence-corrected chi connectivity index (χ3v) is 5.29. The third-order valence-electron chi connectivity index (χ3n) is 4.32. The largest absolute Gasteiger partial charge is 0.483 e. The van der Waals surface area contributed by atoms with Gasteiger partial charge in [-0.1, -0.05) is 36.0 Å². The Morgan fingerprint density at radius 2 is 1.83 bits per heavy atom. The van der Waals surface area contributed by atoms with Gasteiger partial charge < -0.3 is 14.6 Å². The number of amides is 1. The molecule has 0 radical (unpaired) electrons. The van der Waals surface area contributed by atoms with Crippen LogP contribution in [0.25, 0.3) is 0 Å². The number of carbonyl (C=O) groups excluding carboxylic acids is 1. The van der Waals surface area contributed by atoms with Crippen LogP contribution in [-0.2, 0) is 11.3 Å². The Balaban J connectivity index is 1.63. The summed E-state index contributed by atoms with van der Waals surface area (Å²) in [4.78, 5) is 12.4. The van der Waals surface area contributed by atoms with E-state index in [-0.39, 0.29) is 17.8 Å². The fourth-order valence-corrected chi connectivity index (χ4v) is 3.94. The standard InChI is InChI=1S/C22H26N4O2S/c1-5-26-21(17(4)28-19-9-7-6-8-10-19)24-25-22(26)29-14-20(27)23-18-12-15(2)11-16(3)13-18/h6-13,17H,5,14H2,1-4H3,(H,23,27)/t17-/m1/s1. The second kappa shape index (κ2) is 9.60. The van der Waals surface area contributed by atoms with Crippen molar-refractivity contribution >= 4 is 23.4 Å². The van der Waals surface area contributed by atoms with Gasteiger partial charge in [-0.05, 0) is 63.1 Å². The number of benzene rings is 2. The maximum atomic E-state index is 12.4. The van der Waals surface area contributed by atoms with Crippen LogP contribution in [0.15, 0.2) is 53.7 Å². The molecule has 1 atom stereocenters. The van der Waals surface area contributed by atoms with E-state index in [9.17, 15) is 4.79 Å². The lowest BCUT2D eigenvalue weighted by Crippen LogP contribution is -2.15. The molecule has 1 heterocycles. The molecule has 0 saturated heterocycles. The van der Waals surface area contributed by atoms with Crippen molar-refractivity contribution in [1.82, 2.24) is 14.8 Å². The molecule has 0 spiro atoms. The highest BCUT2D eigenvalue weighted by molar-refractivity contribution is 7.99. The molecule has 3 rings (SSSR count). The first-order valence-electron chi connectivity index (χ1n) is 9.62. The number of anilines is 1. The molecule has 6 nitrogen and oxygen atoms in total. The molecule has 7 heteroatoms. The predicted molar refractivity (Wildman–Crippen MR) is 116 cm³/mol. The minimum atomic E-state index is -0.247. The van der Waals surface area contributed by atoms with Crippen LogP contribution in [0.5, 0.6) is 5.75 Å². The van der Waals surface area contributed by atoms with Crippen molar-refractivity contribution in [2.24, 2.45) is 0 Å². The molecule has 0 bridgehead atoms. The fraction of sp³-hybridized carbons (Fsp3) is 0.318. The van der Waals surface area contributed by atoms with Crippen LogP contribution in [0.1, 0.15) is 36.9 Å². The Kier molecular flexibility index (Phi) is 6.93. The zero-order valence-electron chi connectivity index (χ0n) is 17.2. The summed E-state index contributed by atoms with van der Waals surface area (Å²) < 4.78 is 7.96. The van der Waals surface area contributed by atoms with E-state index in [0.717, 1.165) is 28.4 Å². The lowest BCUT2D eigenvalue weighted by atomic mass is 10.1. The first-order valence-corrected chi connectivity index (χ1v) is 10.6. The van der Waals surface area contributed by atoms with Crippen LogP contribution in [0.3, 0.4) is 0 Å². The van der Waals surface area contributed by atoms with E-state index >= 15 is 0 Å². The van der Waals surface area contributed by atoms with Crippen LogP contribution in [0.2, 0.25) is 0 Å². The molecular weight excluding hydrogens is 384 g/mol. The molecule has 1 aromatic heterocycles. The monoisotopic (exact) mass is 410 g/mol. The van der Waals surface area contributed by atoms with E-state index in [4.69, 9.17) is 4.74 Å². The molecule has 2 aromatic carbocycles. The van der Waals surface area contributed by atoms with Crippen LogP contribution < -0.4 is 10.1 Å². The lowest BCUT2D eigenvalue weighted by Gasteiger charge is -2.15. The van der Waals surface area contributed by atoms with Crippen molar-refractivity contribution in [1.29, 1.82) is 0 Å². The SMILES string of the molecule is CCn1c(SCC(=O)Nc2cc(C)cc(C)c2)nnc1[C@@H](C)Oc1ccccc1. The van der Waals surface area contributed by atoms with Gasteiger partial charge in [0, 0.05) is 12.2 Å². The number of aromatic nitrogens is 3. The van der Waals surface area contributed by atoms with Crippen LogP contribution in [0, 0.1) is 13.8 Å². The van der Waals surface area contributed by atoms with Gasteiger partial charge in [0.25, 0.3) is 0 Å². The second-order valence-corrected chi connectivity index (χ2v) is 7.81. The summed E-state index contributed by atoms with van der Waals surface area (Å²) in [5.41, 5.74) is 3.06. The van der Waals surface area contributed by atoms with Crippen molar-refractivity contribution < 1.29 is 9.53 Å². The van der Waals surface area contributed by atoms with Crippen molar-refractivity contribution in [2.75, 3.05) is 11.1 Å². The smallest absolute Gasteiger partial charge is 0.234 e. The Morgan fingerprint density at radius 3 is 2.48 bits per heavy atom. The summed E-state index contributed by atoms with van der Waals surface area (Å²) in [6, 6.07) is 15.6. The average molecular weight is 411 g/mol. The zero-order valence-corrected chi connectivity index (χ0v) is 18.0. The summed E-state index contributed by atoms with van der Waals surface area (Å²) in [5.74, 6) is 1.72. The van der Waals surface area contributed by atoms with Gasteiger partial charge >= 0.3 is 0 Å². The van der Waals surface area contributed by atoms with Gasteiger partial charge in [0.2, 0.25) is 5.91 Å². The molecule has 0 aliphatic rings. The van der Waals surface area contributed by atoms with Gasteiger partial charge in [-0.25, -0.2) is 0 Å². The number of carbonyl (C=O) groups is 1. The van der Waals surface area contributed by atoms with Gasteiger partial charge in [0.15, 0.2) is 17.1 Å². The van der Waals surface area contributed by atoms with Crippen LogP contribution in [-0.4, -0.2) is 26.4 Å². The molecule has 0 aliphatic carbocycles. The number of hydrogen-bond donors (Lipinski definition) is 1. The highest BCUT2D eigenvalue weighted by Crippen LogP contribution is 2.24. The number of ether oxygens (including phenoxy) is 1. The Hall–Kier alpha value is -2.80. The maximum Gasteiger partial charge on any atom is 0.234 e. The normalized spacial score (nSPS) is 11.9. The highest BCUT2D eigenvalue weighted by atomic mass is 32.2. The molecule has 0 unspecified atom stereocenters. The molecule has 3 aromatic rings. The third kappa shape index (κ3) is 5.60. The second-order valence-electron chi connectivity index (χ2n) is 6.87. The van der Waals surface area contributed by atoms with Crippen LogP contribution in [0.4, 0.5) is 5.69 Å². The Labute approximate surface area is 175 Å². The number of thioether (sulfide) groups is 1. The molecule has 1 N–H and O–H groups in total. The quantitative estimate of drug-likeness (QED) is 0.541. The lowest BCUT2D eigenvalue weighted by molar-refractivity contribution is -0.113. The number of aryl methyl sites for hydroxylation is 2. The minimum absolute atomic E-state index is 0.0687. The topological polar surface area (TPSA) is 69.0 Å². The van der Waals surface area contributed by atoms with Gasteiger partial charge in [-0.15, -0.1) is 10.2 Å². The summed E-state index contributed by atoms with van der Waals surface area (Å²) in [6.07, 6.45) is -0.247. The van der Waals surface area contributed by atoms with E-state index in [1.54, 1.807) is 0 Å². The van der Waals surface area contributed by atoms with Gasteiger partial charge in [0.1, 0.15) is 5.75 Å². The van der Waals surface area contributed by atoms with Crippen molar-refractivity contribution in [3.8, 4) is 5.75 Å². The van der Waals surface area contributed by atoms with E-state index in [1.807, 2.05) is 74.7 Å². The van der Waals surface area contributed by atoms with E-state index in [1.165, 1.54) is 11.8 Å². The van der Waals surface area contributed by atoms with Crippen LogP contribution >= 0.6 is 11.8 Å². The molecule has 0 aliphatic heterocycles. The van der Waals surface area contributed by atoms with Crippen molar-refractivity contribution in [3.63, 3.8) is 0 Å². The van der Waals surface area contributed by atoms with E-state index in [0.29, 0.717) is 11.7 Å². The summed E-state index contributed by atoms with van der Waals surface area (Å²) >= 11 is 1.37. The summed E-state index contributed by atoms with van der Waals surface area (Å²) in [5, 5.41) is 12.2. The number of hydrogen-bond acceptors (Lipinski definition) is 5. The molecule has 0 saturated carbocycles. The van der Waals surface area contributed by atoms with E-state index in [2.05, 4.69) is 21.6 Å². The van der Waals surface area contributed by atoms with E-state index < -0.39 is 0 Å². The van der Waals surface area contributed by atoms with Crippen molar-refractivity contribution in [3.05, 3.63) is 65.5 Å². The molecule has 152 valence electrons. The molecular formula is C22H26N4O2S.